The van der Waals surface area contributed by atoms with E-state index < -0.39 is 0 Å². The van der Waals surface area contributed by atoms with E-state index in [1.165, 1.54) is 61.9 Å². The van der Waals surface area contributed by atoms with Crippen molar-refractivity contribution in [3.05, 3.63) is 71.3 Å². The lowest BCUT2D eigenvalue weighted by Crippen LogP contribution is -2.25. The van der Waals surface area contributed by atoms with Crippen LogP contribution in [0.15, 0.2) is 54.6 Å². The maximum absolute atomic E-state index is 3.78. The number of halogens is 1. The summed E-state index contributed by atoms with van der Waals surface area (Å²) in [6, 6.07) is 20.2. The van der Waals surface area contributed by atoms with Gasteiger partial charge >= 0.3 is 0 Å². The third kappa shape index (κ3) is 5.43. The lowest BCUT2D eigenvalue weighted by atomic mass is 9.79. The predicted molar refractivity (Wildman–Crippen MR) is 111 cm³/mol. The summed E-state index contributed by atoms with van der Waals surface area (Å²) >= 11 is 3.78. The van der Waals surface area contributed by atoms with Gasteiger partial charge in [-0.25, -0.2) is 0 Å². The SMILES string of the molecule is CCCN(CCCc1ccc(C2CCC2Br)cc1)Cc1ccccc1. The Balaban J connectivity index is 1.46. The van der Waals surface area contributed by atoms with Crippen molar-refractivity contribution in [1.82, 2.24) is 4.90 Å². The Bertz CT molecular complexity index is 622. The Morgan fingerprint density at radius 3 is 2.28 bits per heavy atom. The van der Waals surface area contributed by atoms with Crippen molar-refractivity contribution in [2.45, 2.75) is 56.3 Å². The molecule has 2 heteroatoms. The molecule has 0 aliphatic heterocycles. The summed E-state index contributed by atoms with van der Waals surface area (Å²) < 4.78 is 0. The van der Waals surface area contributed by atoms with E-state index in [0.717, 1.165) is 12.5 Å². The van der Waals surface area contributed by atoms with Gasteiger partial charge in [0, 0.05) is 11.4 Å². The van der Waals surface area contributed by atoms with Crippen LogP contribution in [-0.2, 0) is 13.0 Å². The van der Waals surface area contributed by atoms with Gasteiger partial charge in [-0.2, -0.15) is 0 Å². The average Bonchev–Trinajstić information content (AvgIpc) is 2.63. The second-order valence-electron chi connectivity index (χ2n) is 7.31. The van der Waals surface area contributed by atoms with Gasteiger partial charge < -0.3 is 0 Å². The second kappa shape index (κ2) is 9.54. The molecule has 1 aliphatic carbocycles. The molecule has 25 heavy (non-hydrogen) atoms. The molecular formula is C23H30BrN. The zero-order chi connectivity index (χ0) is 17.5. The largest absolute Gasteiger partial charge is 0.299 e. The molecule has 0 spiro atoms. The highest BCUT2D eigenvalue weighted by Crippen LogP contribution is 2.41. The van der Waals surface area contributed by atoms with E-state index in [1.54, 1.807) is 0 Å². The molecule has 2 aromatic carbocycles. The summed E-state index contributed by atoms with van der Waals surface area (Å²) in [5.41, 5.74) is 4.41. The summed E-state index contributed by atoms with van der Waals surface area (Å²) in [7, 11) is 0. The molecule has 2 aromatic rings. The maximum atomic E-state index is 3.78. The Labute approximate surface area is 161 Å². The molecule has 0 aromatic heterocycles. The first-order valence-electron chi connectivity index (χ1n) is 9.75. The summed E-state index contributed by atoms with van der Waals surface area (Å²) in [5.74, 6) is 0.736. The number of benzene rings is 2. The van der Waals surface area contributed by atoms with Gasteiger partial charge in [-0.05, 0) is 67.8 Å². The van der Waals surface area contributed by atoms with E-state index in [9.17, 15) is 0 Å². The summed E-state index contributed by atoms with van der Waals surface area (Å²) in [4.78, 5) is 3.28. The molecular weight excluding hydrogens is 370 g/mol. The Morgan fingerprint density at radius 1 is 0.920 bits per heavy atom. The predicted octanol–water partition coefficient (Wildman–Crippen LogP) is 6.17. The molecule has 3 rings (SSSR count). The molecule has 0 heterocycles. The van der Waals surface area contributed by atoms with Crippen LogP contribution in [0.3, 0.4) is 0 Å². The second-order valence-corrected chi connectivity index (χ2v) is 8.48. The van der Waals surface area contributed by atoms with Crippen LogP contribution < -0.4 is 0 Å². The highest BCUT2D eigenvalue weighted by molar-refractivity contribution is 9.09. The fourth-order valence-corrected chi connectivity index (χ4v) is 4.53. The minimum absolute atomic E-state index is 0.693. The minimum Gasteiger partial charge on any atom is -0.299 e. The molecule has 0 saturated heterocycles. The highest BCUT2D eigenvalue weighted by atomic mass is 79.9. The fourth-order valence-electron chi connectivity index (χ4n) is 3.70. The van der Waals surface area contributed by atoms with Crippen molar-refractivity contribution in [2.75, 3.05) is 13.1 Å². The van der Waals surface area contributed by atoms with Crippen LogP contribution in [0.1, 0.15) is 55.2 Å². The fraction of sp³-hybridized carbons (Fsp3) is 0.478. The molecule has 1 nitrogen and oxygen atoms in total. The number of hydrogen-bond donors (Lipinski definition) is 0. The van der Waals surface area contributed by atoms with Crippen LogP contribution >= 0.6 is 15.9 Å². The standard InChI is InChI=1S/C23H30BrN/c1-2-16-25(18-20-7-4-3-5-8-20)17-6-9-19-10-12-21(13-11-19)22-14-15-23(22)24/h3-5,7-8,10-13,22-23H,2,6,9,14-18H2,1H3. The minimum atomic E-state index is 0.693. The average molecular weight is 400 g/mol. The normalized spacial score (nSPS) is 19.8. The monoisotopic (exact) mass is 399 g/mol. The van der Waals surface area contributed by atoms with Crippen LogP contribution in [0.5, 0.6) is 0 Å². The molecule has 2 unspecified atom stereocenters. The summed E-state index contributed by atoms with van der Waals surface area (Å²) in [6.45, 7) is 5.70. The first-order valence-corrected chi connectivity index (χ1v) is 10.7. The van der Waals surface area contributed by atoms with Gasteiger partial charge in [0.15, 0.2) is 0 Å². The van der Waals surface area contributed by atoms with E-state index in [0.29, 0.717) is 4.83 Å². The first-order chi connectivity index (χ1) is 12.3. The zero-order valence-corrected chi connectivity index (χ0v) is 16.9. The van der Waals surface area contributed by atoms with Gasteiger partial charge in [0.05, 0.1) is 0 Å². The van der Waals surface area contributed by atoms with Crippen LogP contribution in [0.25, 0.3) is 0 Å². The lowest BCUT2D eigenvalue weighted by molar-refractivity contribution is 0.262. The van der Waals surface area contributed by atoms with Crippen LogP contribution in [0, 0.1) is 0 Å². The van der Waals surface area contributed by atoms with Crippen molar-refractivity contribution in [1.29, 1.82) is 0 Å². The van der Waals surface area contributed by atoms with E-state index in [-0.39, 0.29) is 0 Å². The number of aryl methyl sites for hydroxylation is 1. The van der Waals surface area contributed by atoms with Crippen molar-refractivity contribution in [3.63, 3.8) is 0 Å². The number of rotatable bonds is 9. The summed E-state index contributed by atoms with van der Waals surface area (Å²) in [6.07, 6.45) is 6.28. The van der Waals surface area contributed by atoms with Gasteiger partial charge in [-0.15, -0.1) is 0 Å². The van der Waals surface area contributed by atoms with Crippen LogP contribution in [0.2, 0.25) is 0 Å². The van der Waals surface area contributed by atoms with Gasteiger partial charge in [-0.3, -0.25) is 4.90 Å². The third-order valence-corrected chi connectivity index (χ3v) is 6.42. The van der Waals surface area contributed by atoms with Crippen molar-refractivity contribution < 1.29 is 0 Å². The molecule has 134 valence electrons. The third-order valence-electron chi connectivity index (χ3n) is 5.33. The zero-order valence-electron chi connectivity index (χ0n) is 15.3. The lowest BCUT2D eigenvalue weighted by Gasteiger charge is -2.32. The molecule has 0 N–H and O–H groups in total. The Morgan fingerprint density at radius 2 is 1.68 bits per heavy atom. The summed E-state index contributed by atoms with van der Waals surface area (Å²) in [5, 5.41) is 0. The smallest absolute Gasteiger partial charge is 0.0233 e. The molecule has 0 bridgehead atoms. The maximum Gasteiger partial charge on any atom is 0.0233 e. The van der Waals surface area contributed by atoms with Gasteiger partial charge in [0.1, 0.15) is 0 Å². The van der Waals surface area contributed by atoms with E-state index in [4.69, 9.17) is 0 Å². The van der Waals surface area contributed by atoms with Crippen molar-refractivity contribution >= 4 is 15.9 Å². The molecule has 2 atom stereocenters. The molecule has 1 fully saturated rings. The van der Waals surface area contributed by atoms with Crippen molar-refractivity contribution in [3.8, 4) is 0 Å². The number of alkyl halides is 1. The van der Waals surface area contributed by atoms with E-state index in [1.807, 2.05) is 0 Å². The Hall–Kier alpha value is -1.12. The van der Waals surface area contributed by atoms with Gasteiger partial charge in [-0.1, -0.05) is 77.5 Å². The molecule has 0 amide bonds. The van der Waals surface area contributed by atoms with Gasteiger partial charge in [0.2, 0.25) is 0 Å². The quantitative estimate of drug-likeness (QED) is 0.455. The van der Waals surface area contributed by atoms with Crippen LogP contribution in [-0.4, -0.2) is 22.8 Å². The molecule has 0 radical (unpaired) electrons. The van der Waals surface area contributed by atoms with E-state index in [2.05, 4.69) is 82.4 Å². The highest BCUT2D eigenvalue weighted by Gasteiger charge is 2.29. The number of nitrogens with zero attached hydrogens (tertiary/aromatic N) is 1. The first kappa shape index (κ1) is 18.7. The van der Waals surface area contributed by atoms with Gasteiger partial charge in [0.25, 0.3) is 0 Å². The van der Waals surface area contributed by atoms with Crippen molar-refractivity contribution in [2.24, 2.45) is 0 Å². The molecule has 1 saturated carbocycles. The topological polar surface area (TPSA) is 3.24 Å². The van der Waals surface area contributed by atoms with E-state index >= 15 is 0 Å². The Kier molecular flexibility index (Phi) is 7.12. The number of hydrogen-bond acceptors (Lipinski definition) is 1. The van der Waals surface area contributed by atoms with Crippen LogP contribution in [0.4, 0.5) is 0 Å². The molecule has 1 aliphatic rings.